The molecule has 1 rings (SSSR count). The highest BCUT2D eigenvalue weighted by atomic mass is 32.2. The summed E-state index contributed by atoms with van der Waals surface area (Å²) in [5.74, 6) is -0.880. The van der Waals surface area contributed by atoms with Crippen LogP contribution in [0.15, 0.2) is 0 Å². The Bertz CT molecular complexity index is 382. The summed E-state index contributed by atoms with van der Waals surface area (Å²) in [4.78, 5) is 11.3. The average molecular weight is 264 g/mol. The molecule has 0 radical (unpaired) electrons. The van der Waals surface area contributed by atoms with Crippen molar-refractivity contribution in [2.24, 2.45) is 5.92 Å². The lowest BCUT2D eigenvalue weighted by atomic mass is 9.77. The van der Waals surface area contributed by atoms with Crippen LogP contribution in [0.1, 0.15) is 39.5 Å². The highest BCUT2D eigenvalue weighted by Gasteiger charge is 2.44. The van der Waals surface area contributed by atoms with Crippen molar-refractivity contribution in [1.29, 1.82) is 0 Å². The molecule has 2 unspecified atom stereocenters. The van der Waals surface area contributed by atoms with Gasteiger partial charge in [0.2, 0.25) is 0 Å². The highest BCUT2D eigenvalue weighted by molar-refractivity contribution is 7.87. The average Bonchev–Trinajstić information content (AvgIpc) is 2.15. The molecule has 1 aliphatic carbocycles. The van der Waals surface area contributed by atoms with Crippen LogP contribution in [0, 0.1) is 5.92 Å². The van der Waals surface area contributed by atoms with Gasteiger partial charge in [-0.15, -0.1) is 0 Å². The number of aliphatic carboxylic acids is 1. The summed E-state index contributed by atoms with van der Waals surface area (Å²) < 4.78 is 27.8. The first-order chi connectivity index (χ1) is 7.81. The SMILES string of the molecule is CCNS(=O)(=O)NC1(C(=O)O)CCCC(C)C1. The summed E-state index contributed by atoms with van der Waals surface area (Å²) in [6, 6.07) is 0. The van der Waals surface area contributed by atoms with Gasteiger partial charge in [0.05, 0.1) is 0 Å². The van der Waals surface area contributed by atoms with E-state index in [0.717, 1.165) is 12.8 Å². The van der Waals surface area contributed by atoms with Crippen LogP contribution < -0.4 is 9.44 Å². The predicted octanol–water partition coefficient (Wildman–Crippen LogP) is 0.464. The molecule has 0 aromatic rings. The van der Waals surface area contributed by atoms with E-state index >= 15 is 0 Å². The smallest absolute Gasteiger partial charge is 0.324 e. The van der Waals surface area contributed by atoms with Gasteiger partial charge in [0.25, 0.3) is 10.2 Å². The molecule has 0 saturated heterocycles. The van der Waals surface area contributed by atoms with Crippen LogP contribution in [0.2, 0.25) is 0 Å². The summed E-state index contributed by atoms with van der Waals surface area (Å²) in [6.07, 6.45) is 2.35. The van der Waals surface area contributed by atoms with Crippen molar-refractivity contribution in [1.82, 2.24) is 9.44 Å². The number of nitrogens with one attached hydrogen (secondary N) is 2. The van der Waals surface area contributed by atoms with E-state index in [9.17, 15) is 18.3 Å². The summed E-state index contributed by atoms with van der Waals surface area (Å²) >= 11 is 0. The van der Waals surface area contributed by atoms with Gasteiger partial charge < -0.3 is 5.11 Å². The molecule has 7 heteroatoms. The van der Waals surface area contributed by atoms with Crippen molar-refractivity contribution in [3.8, 4) is 0 Å². The fourth-order valence-corrected chi connectivity index (χ4v) is 3.60. The van der Waals surface area contributed by atoms with Crippen LogP contribution in [0.3, 0.4) is 0 Å². The van der Waals surface area contributed by atoms with Crippen LogP contribution in [0.25, 0.3) is 0 Å². The van der Waals surface area contributed by atoms with Crippen molar-refractivity contribution in [2.45, 2.75) is 45.1 Å². The molecule has 0 amide bonds. The molecule has 1 saturated carbocycles. The van der Waals surface area contributed by atoms with Gasteiger partial charge in [-0.3, -0.25) is 4.79 Å². The van der Waals surface area contributed by atoms with Crippen molar-refractivity contribution in [3.05, 3.63) is 0 Å². The molecule has 1 fully saturated rings. The van der Waals surface area contributed by atoms with Gasteiger partial charge in [-0.25, -0.2) is 4.72 Å². The fraction of sp³-hybridized carbons (Fsp3) is 0.900. The van der Waals surface area contributed by atoms with E-state index in [0.29, 0.717) is 12.8 Å². The lowest BCUT2D eigenvalue weighted by Crippen LogP contribution is -2.59. The maximum absolute atomic E-state index is 11.6. The Kier molecular flexibility index (Phi) is 4.51. The van der Waals surface area contributed by atoms with Gasteiger partial charge in [0.1, 0.15) is 5.54 Å². The lowest BCUT2D eigenvalue weighted by molar-refractivity contribution is -0.146. The van der Waals surface area contributed by atoms with Crippen LogP contribution >= 0.6 is 0 Å². The molecule has 0 aromatic carbocycles. The van der Waals surface area contributed by atoms with Gasteiger partial charge in [0.15, 0.2) is 0 Å². The van der Waals surface area contributed by atoms with Gasteiger partial charge in [0, 0.05) is 6.54 Å². The Hall–Kier alpha value is -0.660. The molecule has 0 bridgehead atoms. The zero-order valence-corrected chi connectivity index (χ0v) is 11.0. The Morgan fingerprint density at radius 2 is 2.18 bits per heavy atom. The fourth-order valence-electron chi connectivity index (χ4n) is 2.37. The summed E-state index contributed by atoms with van der Waals surface area (Å²) in [5.41, 5.74) is -1.35. The van der Waals surface area contributed by atoms with E-state index in [1.807, 2.05) is 6.92 Å². The Labute approximate surface area is 102 Å². The van der Waals surface area contributed by atoms with E-state index in [-0.39, 0.29) is 12.5 Å². The van der Waals surface area contributed by atoms with E-state index in [1.165, 1.54) is 0 Å². The first-order valence-electron chi connectivity index (χ1n) is 5.83. The number of carboxylic acids is 1. The van der Waals surface area contributed by atoms with Crippen LogP contribution in [0.5, 0.6) is 0 Å². The van der Waals surface area contributed by atoms with E-state index in [1.54, 1.807) is 6.92 Å². The monoisotopic (exact) mass is 264 g/mol. The Morgan fingerprint density at radius 3 is 2.65 bits per heavy atom. The molecule has 0 spiro atoms. The molecule has 6 nitrogen and oxygen atoms in total. The minimum Gasteiger partial charge on any atom is -0.480 e. The molecule has 1 aliphatic rings. The van der Waals surface area contributed by atoms with Gasteiger partial charge in [-0.05, 0) is 18.8 Å². The standard InChI is InChI=1S/C10H20N2O4S/c1-3-11-17(15,16)12-10(9(13)14)6-4-5-8(2)7-10/h8,11-12H,3-7H2,1-2H3,(H,13,14). The molecule has 0 heterocycles. The van der Waals surface area contributed by atoms with Crippen molar-refractivity contribution < 1.29 is 18.3 Å². The van der Waals surface area contributed by atoms with Gasteiger partial charge >= 0.3 is 5.97 Å². The van der Waals surface area contributed by atoms with Crippen LogP contribution in [0.4, 0.5) is 0 Å². The molecule has 0 aromatic heterocycles. The third-order valence-electron chi connectivity index (χ3n) is 3.07. The van der Waals surface area contributed by atoms with E-state index < -0.39 is 21.7 Å². The third-order valence-corrected chi connectivity index (χ3v) is 4.40. The number of carbonyl (C=O) groups is 1. The van der Waals surface area contributed by atoms with Crippen molar-refractivity contribution in [2.75, 3.05) is 6.54 Å². The maximum Gasteiger partial charge on any atom is 0.324 e. The predicted molar refractivity (Wildman–Crippen MR) is 63.7 cm³/mol. The zero-order chi connectivity index (χ0) is 13.1. The topological polar surface area (TPSA) is 95.5 Å². The molecule has 3 N–H and O–H groups in total. The van der Waals surface area contributed by atoms with Gasteiger partial charge in [-0.2, -0.15) is 13.1 Å². The summed E-state index contributed by atoms with van der Waals surface area (Å²) in [6.45, 7) is 3.83. The minimum atomic E-state index is -3.74. The minimum absolute atomic E-state index is 0.212. The van der Waals surface area contributed by atoms with Gasteiger partial charge in [-0.1, -0.05) is 26.7 Å². The first kappa shape index (κ1) is 14.4. The largest absolute Gasteiger partial charge is 0.480 e. The second kappa shape index (κ2) is 5.32. The van der Waals surface area contributed by atoms with E-state index in [4.69, 9.17) is 0 Å². The Morgan fingerprint density at radius 1 is 1.53 bits per heavy atom. The van der Waals surface area contributed by atoms with Crippen molar-refractivity contribution >= 4 is 16.2 Å². The normalized spacial score (nSPS) is 30.1. The number of hydrogen-bond donors (Lipinski definition) is 3. The first-order valence-corrected chi connectivity index (χ1v) is 7.31. The highest BCUT2D eigenvalue weighted by Crippen LogP contribution is 2.32. The molecular formula is C10H20N2O4S. The maximum atomic E-state index is 11.6. The summed E-state index contributed by atoms with van der Waals surface area (Å²) in [5, 5.41) is 9.28. The second-order valence-electron chi connectivity index (χ2n) is 4.69. The zero-order valence-electron chi connectivity index (χ0n) is 10.2. The van der Waals surface area contributed by atoms with Crippen LogP contribution in [-0.2, 0) is 15.0 Å². The third kappa shape index (κ3) is 3.65. The number of hydrogen-bond acceptors (Lipinski definition) is 3. The molecule has 17 heavy (non-hydrogen) atoms. The molecule has 100 valence electrons. The van der Waals surface area contributed by atoms with E-state index in [2.05, 4.69) is 9.44 Å². The number of rotatable bonds is 5. The Balaban J connectivity index is 2.90. The number of carboxylic acid groups (broad SMARTS) is 1. The summed E-state index contributed by atoms with van der Waals surface area (Å²) in [7, 11) is -3.74. The molecule has 0 aliphatic heterocycles. The molecule has 2 atom stereocenters. The lowest BCUT2D eigenvalue weighted by Gasteiger charge is -2.36. The second-order valence-corrected chi connectivity index (χ2v) is 6.19. The molecular weight excluding hydrogens is 244 g/mol. The van der Waals surface area contributed by atoms with Crippen LogP contribution in [-0.4, -0.2) is 31.6 Å². The van der Waals surface area contributed by atoms with Crippen molar-refractivity contribution in [3.63, 3.8) is 0 Å². The quantitative estimate of drug-likeness (QED) is 0.672.